The van der Waals surface area contributed by atoms with Crippen LogP contribution in [0.25, 0.3) is 11.0 Å². The Morgan fingerprint density at radius 3 is 2.28 bits per heavy atom. The maximum atomic E-state index is 13.3. The van der Waals surface area contributed by atoms with E-state index in [4.69, 9.17) is 0 Å². The van der Waals surface area contributed by atoms with Gasteiger partial charge in [0.05, 0.1) is 17.5 Å². The maximum Gasteiger partial charge on any atom is 0.332 e. The summed E-state index contributed by atoms with van der Waals surface area (Å²) < 4.78 is 2.51. The molecule has 29 heavy (non-hydrogen) atoms. The first-order chi connectivity index (χ1) is 13.8. The number of pyridine rings is 1. The van der Waals surface area contributed by atoms with Gasteiger partial charge in [0, 0.05) is 25.8 Å². The van der Waals surface area contributed by atoms with Crippen molar-refractivity contribution in [2.75, 3.05) is 13.1 Å². The topological polar surface area (TPSA) is 77.2 Å². The molecule has 0 unspecified atom stereocenters. The van der Waals surface area contributed by atoms with Gasteiger partial charge in [-0.15, -0.1) is 0 Å². The molecule has 7 nitrogen and oxygen atoms in total. The molecule has 3 aromatic rings. The van der Waals surface area contributed by atoms with Crippen molar-refractivity contribution < 1.29 is 4.79 Å². The zero-order valence-electron chi connectivity index (χ0n) is 17.5. The van der Waals surface area contributed by atoms with Gasteiger partial charge in [-0.1, -0.05) is 29.8 Å². The SMILES string of the molecule is CCN(CC)C(=O)c1cc(C)nc2c1c(=O)n(Cc1ccc(C)cc1)c(=O)n2C. The lowest BCUT2D eigenvalue weighted by Gasteiger charge is -2.20. The Bertz CT molecular complexity index is 1190. The summed E-state index contributed by atoms with van der Waals surface area (Å²) in [4.78, 5) is 45.4. The monoisotopic (exact) mass is 394 g/mol. The van der Waals surface area contributed by atoms with E-state index in [1.54, 1.807) is 24.9 Å². The first kappa shape index (κ1) is 20.5. The largest absolute Gasteiger partial charge is 0.339 e. The molecule has 1 amide bonds. The van der Waals surface area contributed by atoms with Crippen LogP contribution >= 0.6 is 0 Å². The molecule has 0 aliphatic carbocycles. The van der Waals surface area contributed by atoms with Crippen LogP contribution in [0, 0.1) is 13.8 Å². The van der Waals surface area contributed by atoms with Crippen molar-refractivity contribution in [1.82, 2.24) is 19.0 Å². The van der Waals surface area contributed by atoms with Crippen molar-refractivity contribution in [2.24, 2.45) is 7.05 Å². The fraction of sp³-hybridized carbons (Fsp3) is 0.364. The molecule has 0 aliphatic rings. The first-order valence-corrected chi connectivity index (χ1v) is 9.74. The summed E-state index contributed by atoms with van der Waals surface area (Å²) in [5.74, 6) is -0.233. The van der Waals surface area contributed by atoms with E-state index in [-0.39, 0.29) is 29.0 Å². The van der Waals surface area contributed by atoms with Crippen molar-refractivity contribution in [1.29, 1.82) is 0 Å². The minimum atomic E-state index is -0.494. The van der Waals surface area contributed by atoms with E-state index in [1.165, 1.54) is 9.13 Å². The average Bonchev–Trinajstić information content (AvgIpc) is 2.71. The number of rotatable bonds is 5. The van der Waals surface area contributed by atoms with Crippen molar-refractivity contribution in [3.05, 3.63) is 73.6 Å². The second-order valence-corrected chi connectivity index (χ2v) is 7.21. The van der Waals surface area contributed by atoms with E-state index in [9.17, 15) is 14.4 Å². The van der Waals surface area contributed by atoms with Gasteiger partial charge in [0.25, 0.3) is 11.5 Å². The average molecular weight is 394 g/mol. The summed E-state index contributed by atoms with van der Waals surface area (Å²) >= 11 is 0. The molecule has 0 radical (unpaired) electrons. The van der Waals surface area contributed by atoms with Gasteiger partial charge >= 0.3 is 5.69 Å². The Labute approximate surface area is 169 Å². The standard InChI is InChI=1S/C22H26N4O3/c1-6-25(7-2)20(27)17-12-15(4)23-19-18(17)21(28)26(22(29)24(19)5)13-16-10-8-14(3)9-11-16/h8-12H,6-7,13H2,1-5H3. The number of carbonyl (C=O) groups excluding carboxylic acids is 1. The van der Waals surface area contributed by atoms with Crippen LogP contribution in [0.1, 0.15) is 41.0 Å². The van der Waals surface area contributed by atoms with Crippen molar-refractivity contribution >= 4 is 16.9 Å². The zero-order chi connectivity index (χ0) is 21.3. The molecule has 0 atom stereocenters. The molecular weight excluding hydrogens is 368 g/mol. The van der Waals surface area contributed by atoms with Gasteiger partial charge in [0.2, 0.25) is 0 Å². The number of hydrogen-bond donors (Lipinski definition) is 0. The van der Waals surface area contributed by atoms with Gasteiger partial charge in [0.15, 0.2) is 0 Å². The van der Waals surface area contributed by atoms with E-state index in [0.29, 0.717) is 18.8 Å². The van der Waals surface area contributed by atoms with Gasteiger partial charge in [-0.2, -0.15) is 0 Å². The van der Waals surface area contributed by atoms with E-state index >= 15 is 0 Å². The number of carbonyl (C=O) groups is 1. The molecule has 0 fully saturated rings. The highest BCUT2D eigenvalue weighted by Gasteiger charge is 2.22. The molecule has 152 valence electrons. The maximum absolute atomic E-state index is 13.3. The van der Waals surface area contributed by atoms with Crippen molar-refractivity contribution in [3.63, 3.8) is 0 Å². The van der Waals surface area contributed by atoms with E-state index < -0.39 is 11.2 Å². The summed E-state index contributed by atoms with van der Waals surface area (Å²) in [6.45, 7) is 8.70. The molecule has 0 bridgehead atoms. The minimum Gasteiger partial charge on any atom is -0.339 e. The number of benzene rings is 1. The van der Waals surface area contributed by atoms with Crippen LogP contribution in [-0.2, 0) is 13.6 Å². The molecule has 7 heteroatoms. The van der Waals surface area contributed by atoms with Crippen LogP contribution in [0.2, 0.25) is 0 Å². The third kappa shape index (κ3) is 3.72. The highest BCUT2D eigenvalue weighted by molar-refractivity contribution is 6.05. The van der Waals surface area contributed by atoms with E-state index in [1.807, 2.05) is 45.0 Å². The van der Waals surface area contributed by atoms with Gasteiger partial charge in [-0.25, -0.2) is 9.78 Å². The molecule has 0 saturated carbocycles. The molecule has 0 saturated heterocycles. The van der Waals surface area contributed by atoms with Crippen LogP contribution < -0.4 is 11.2 Å². The molecule has 0 N–H and O–H groups in total. The van der Waals surface area contributed by atoms with Gasteiger partial charge < -0.3 is 4.90 Å². The number of aryl methyl sites for hydroxylation is 3. The van der Waals surface area contributed by atoms with Crippen LogP contribution in [-0.4, -0.2) is 38.0 Å². The molecule has 2 heterocycles. The van der Waals surface area contributed by atoms with Crippen molar-refractivity contribution in [3.8, 4) is 0 Å². The van der Waals surface area contributed by atoms with Gasteiger partial charge in [-0.05, 0) is 39.3 Å². The lowest BCUT2D eigenvalue weighted by atomic mass is 10.1. The second-order valence-electron chi connectivity index (χ2n) is 7.21. The van der Waals surface area contributed by atoms with Crippen LogP contribution in [0.3, 0.4) is 0 Å². The summed E-state index contributed by atoms with van der Waals surface area (Å²) in [5.41, 5.74) is 2.09. The third-order valence-corrected chi connectivity index (χ3v) is 5.17. The van der Waals surface area contributed by atoms with Gasteiger partial charge in [-0.3, -0.25) is 18.7 Å². The van der Waals surface area contributed by atoms with Crippen molar-refractivity contribution in [2.45, 2.75) is 34.2 Å². The highest BCUT2D eigenvalue weighted by Crippen LogP contribution is 2.16. The summed E-state index contributed by atoms with van der Waals surface area (Å²) in [7, 11) is 1.58. The third-order valence-electron chi connectivity index (χ3n) is 5.17. The number of fused-ring (bicyclic) bond motifs is 1. The smallest absolute Gasteiger partial charge is 0.332 e. The quantitative estimate of drug-likeness (QED) is 0.665. The number of aromatic nitrogens is 3. The molecular formula is C22H26N4O3. The minimum absolute atomic E-state index is 0.133. The van der Waals surface area contributed by atoms with E-state index in [0.717, 1.165) is 11.1 Å². The first-order valence-electron chi connectivity index (χ1n) is 9.74. The van der Waals surface area contributed by atoms with Crippen LogP contribution in [0.4, 0.5) is 0 Å². The second kappa shape index (κ2) is 8.03. The number of amides is 1. The normalized spacial score (nSPS) is 11.1. The van der Waals surface area contributed by atoms with Crippen LogP contribution in [0.15, 0.2) is 39.9 Å². The lowest BCUT2D eigenvalue weighted by Crippen LogP contribution is -2.41. The summed E-state index contributed by atoms with van der Waals surface area (Å²) in [6.07, 6.45) is 0. The molecule has 2 aromatic heterocycles. The fourth-order valence-electron chi connectivity index (χ4n) is 3.47. The Morgan fingerprint density at radius 2 is 1.69 bits per heavy atom. The lowest BCUT2D eigenvalue weighted by molar-refractivity contribution is 0.0774. The van der Waals surface area contributed by atoms with Gasteiger partial charge in [0.1, 0.15) is 5.65 Å². The summed E-state index contributed by atoms with van der Waals surface area (Å²) in [6, 6.07) is 9.28. The Hall–Kier alpha value is -3.22. The molecule has 0 aliphatic heterocycles. The Kier molecular flexibility index (Phi) is 5.68. The fourth-order valence-corrected chi connectivity index (χ4v) is 3.47. The summed E-state index contributed by atoms with van der Waals surface area (Å²) in [5, 5.41) is 0.182. The number of nitrogens with zero attached hydrogens (tertiary/aromatic N) is 4. The zero-order valence-corrected chi connectivity index (χ0v) is 17.5. The highest BCUT2D eigenvalue weighted by atomic mass is 16.2. The van der Waals surface area contributed by atoms with E-state index in [2.05, 4.69) is 4.98 Å². The Morgan fingerprint density at radius 1 is 1.07 bits per heavy atom. The molecule has 0 spiro atoms. The molecule has 3 rings (SSSR count). The molecule has 1 aromatic carbocycles. The van der Waals surface area contributed by atoms with Crippen LogP contribution in [0.5, 0.6) is 0 Å². The predicted octanol–water partition coefficient (Wildman–Crippen LogP) is 2.24. The predicted molar refractivity (Wildman–Crippen MR) is 114 cm³/mol. The number of hydrogen-bond acceptors (Lipinski definition) is 4. The Balaban J connectivity index is 2.30.